The van der Waals surface area contributed by atoms with Crippen molar-refractivity contribution < 1.29 is 27.2 Å². The quantitative estimate of drug-likeness (QED) is 0.161. The number of benzene rings is 8. The number of fused-ring (bicyclic) bond motifs is 10. The van der Waals surface area contributed by atoms with Crippen molar-refractivity contribution in [2.24, 2.45) is 0 Å². The van der Waals surface area contributed by atoms with E-state index in [9.17, 15) is 0 Å². The first-order valence-corrected chi connectivity index (χ1v) is 24.7. The van der Waals surface area contributed by atoms with E-state index in [4.69, 9.17) is 11.1 Å². The van der Waals surface area contributed by atoms with Gasteiger partial charge in [-0.3, -0.25) is 0 Å². The van der Waals surface area contributed by atoms with Gasteiger partial charge in [-0.05, 0) is 124 Å². The molecule has 1 aliphatic rings. The molecule has 1 aliphatic heterocycles. The Morgan fingerprint density at radius 3 is 1.89 bits per heavy atom. The molecule has 0 saturated carbocycles. The SMILES string of the molecule is [2H]c1cc(-c2cccc3c4cc(C(C)(C)C)ccc4c4ccccc4c4cccc5c4n(c23)[CH-]N5c2[c-]c(Oc3[c-]c4c(cc3)c3ccccc3n4-c3cc(C(C)(C)C)ccn3)ccc2)cc(C(C)(C)C)c1.[Pt]. The molecule has 8 aromatic carbocycles. The van der Waals surface area contributed by atoms with Crippen LogP contribution in [0.1, 0.15) is 80.4 Å². The van der Waals surface area contributed by atoms with Gasteiger partial charge in [0.15, 0.2) is 0 Å². The van der Waals surface area contributed by atoms with Gasteiger partial charge in [0, 0.05) is 50.0 Å². The second kappa shape index (κ2) is 17.5. The molecule has 0 aliphatic carbocycles. The third-order valence-corrected chi connectivity index (χ3v) is 14.3. The van der Waals surface area contributed by atoms with Crippen LogP contribution in [0.3, 0.4) is 0 Å². The van der Waals surface area contributed by atoms with E-state index < -0.39 is 0 Å². The average molecular weight is 1120 g/mol. The first kappa shape index (κ1) is 45.8. The maximum atomic E-state index is 9.12. The van der Waals surface area contributed by atoms with E-state index in [1.807, 2.05) is 36.5 Å². The molecule has 0 radical (unpaired) electrons. The number of hydrogen-bond acceptors (Lipinski definition) is 3. The number of nitrogens with zero attached hydrogens (tertiary/aromatic N) is 4. The first-order valence-electron chi connectivity index (χ1n) is 25.2. The van der Waals surface area contributed by atoms with Crippen LogP contribution in [0.25, 0.3) is 82.1 Å². The van der Waals surface area contributed by atoms with Gasteiger partial charge in [-0.2, -0.15) is 12.1 Å². The Hall–Kier alpha value is -7.33. The maximum Gasteiger partial charge on any atom is 0.135 e. The molecule has 12 rings (SSSR count). The van der Waals surface area contributed by atoms with Gasteiger partial charge in [-0.1, -0.05) is 189 Å². The van der Waals surface area contributed by atoms with Crippen LogP contribution < -0.4 is 9.64 Å². The molecule has 5 nitrogen and oxygen atoms in total. The normalized spacial score (nSPS) is 13.0. The minimum absolute atomic E-state index is 0. The average Bonchev–Trinajstić information content (AvgIpc) is 3.92. The molecular formula is C66H57N4OPt-3. The third kappa shape index (κ3) is 7.99. The van der Waals surface area contributed by atoms with Gasteiger partial charge in [0.25, 0.3) is 0 Å². The Labute approximate surface area is 438 Å². The van der Waals surface area contributed by atoms with Crippen LogP contribution in [0.2, 0.25) is 0 Å². The summed E-state index contributed by atoms with van der Waals surface area (Å²) in [6.07, 6.45) is 1.90. The summed E-state index contributed by atoms with van der Waals surface area (Å²) in [6.45, 7) is 22.4. The largest absolute Gasteiger partial charge is 0.509 e. The van der Waals surface area contributed by atoms with Crippen molar-refractivity contribution in [1.82, 2.24) is 14.1 Å². The molecule has 360 valence electrons. The van der Waals surface area contributed by atoms with E-state index in [-0.39, 0.29) is 37.3 Å². The van der Waals surface area contributed by atoms with E-state index in [1.54, 1.807) is 0 Å². The number of hydrogen-bond donors (Lipinski definition) is 0. The Balaban J connectivity index is 0.00000574. The van der Waals surface area contributed by atoms with Crippen molar-refractivity contribution in [1.29, 1.82) is 0 Å². The number of rotatable bonds is 5. The van der Waals surface area contributed by atoms with Gasteiger partial charge in [-0.15, -0.1) is 35.7 Å². The summed E-state index contributed by atoms with van der Waals surface area (Å²) in [5.41, 5.74) is 11.3. The van der Waals surface area contributed by atoms with Crippen LogP contribution in [-0.2, 0) is 37.3 Å². The topological polar surface area (TPSA) is 35.2 Å². The molecule has 3 aromatic heterocycles. The first-order chi connectivity index (χ1) is 34.5. The van der Waals surface area contributed by atoms with Crippen LogP contribution in [0.5, 0.6) is 11.5 Å². The minimum Gasteiger partial charge on any atom is -0.509 e. The van der Waals surface area contributed by atoms with Crippen LogP contribution in [0.15, 0.2) is 176 Å². The molecule has 72 heavy (non-hydrogen) atoms. The van der Waals surface area contributed by atoms with Crippen molar-refractivity contribution in [3.05, 3.63) is 212 Å². The van der Waals surface area contributed by atoms with Gasteiger partial charge in [0.1, 0.15) is 5.82 Å². The molecule has 0 fully saturated rings. The van der Waals surface area contributed by atoms with E-state index in [0.717, 1.165) is 88.3 Å². The predicted molar refractivity (Wildman–Crippen MR) is 298 cm³/mol. The molecule has 0 saturated heterocycles. The second-order valence-corrected chi connectivity index (χ2v) is 22.1. The predicted octanol–water partition coefficient (Wildman–Crippen LogP) is 17.8. The fraction of sp³-hybridized carbons (Fsp3) is 0.182. The number of ether oxygens (including phenoxy) is 1. The number of anilines is 2. The second-order valence-electron chi connectivity index (χ2n) is 22.1. The van der Waals surface area contributed by atoms with Crippen LogP contribution in [-0.4, -0.2) is 14.1 Å². The zero-order valence-electron chi connectivity index (χ0n) is 43.3. The fourth-order valence-electron chi connectivity index (χ4n) is 10.5. The van der Waals surface area contributed by atoms with Gasteiger partial charge in [0.2, 0.25) is 0 Å². The van der Waals surface area contributed by atoms with E-state index in [2.05, 4.69) is 229 Å². The van der Waals surface area contributed by atoms with Crippen molar-refractivity contribution in [2.45, 2.75) is 78.6 Å². The van der Waals surface area contributed by atoms with Crippen LogP contribution in [0.4, 0.5) is 11.4 Å². The molecule has 11 aromatic rings. The molecule has 4 heterocycles. The van der Waals surface area contributed by atoms with Gasteiger partial charge >= 0.3 is 0 Å². The maximum absolute atomic E-state index is 9.12. The number of para-hydroxylation sites is 3. The molecule has 0 bridgehead atoms. The molecule has 0 N–H and O–H groups in total. The summed E-state index contributed by atoms with van der Waals surface area (Å²) >= 11 is 0. The zero-order valence-corrected chi connectivity index (χ0v) is 44.5. The number of aromatic nitrogens is 3. The summed E-state index contributed by atoms with van der Waals surface area (Å²) in [5.74, 6) is 2.00. The molecule has 6 heteroatoms. The Morgan fingerprint density at radius 1 is 0.514 bits per heavy atom. The molecular weight excluding hydrogens is 1060 g/mol. The van der Waals surface area contributed by atoms with Gasteiger partial charge < -0.3 is 18.8 Å². The van der Waals surface area contributed by atoms with Gasteiger partial charge in [0.05, 0.1) is 1.37 Å². The zero-order chi connectivity index (χ0) is 49.8. The monoisotopic (exact) mass is 1120 g/mol. The van der Waals surface area contributed by atoms with Crippen LogP contribution >= 0.6 is 0 Å². The van der Waals surface area contributed by atoms with Crippen molar-refractivity contribution in [3.63, 3.8) is 0 Å². The third-order valence-electron chi connectivity index (χ3n) is 14.3. The summed E-state index contributed by atoms with van der Waals surface area (Å²) in [5, 5.41) is 9.11. The van der Waals surface area contributed by atoms with E-state index >= 15 is 0 Å². The Morgan fingerprint density at radius 2 is 1.12 bits per heavy atom. The molecule has 0 spiro atoms. The fourth-order valence-corrected chi connectivity index (χ4v) is 10.5. The molecule has 0 atom stereocenters. The minimum atomic E-state index is -0.154. The van der Waals surface area contributed by atoms with Crippen molar-refractivity contribution in [3.8, 4) is 28.4 Å². The Kier molecular flexibility index (Phi) is 11.1. The summed E-state index contributed by atoms with van der Waals surface area (Å²) in [7, 11) is 0. The van der Waals surface area contributed by atoms with Crippen molar-refractivity contribution >= 4 is 76.5 Å². The van der Waals surface area contributed by atoms with E-state index in [1.165, 1.54) is 21.9 Å². The Bertz CT molecular complexity index is 4090. The van der Waals surface area contributed by atoms with Crippen LogP contribution in [0, 0.1) is 18.8 Å². The van der Waals surface area contributed by atoms with E-state index in [0.29, 0.717) is 17.5 Å². The standard InChI is InChI=1S/C66H57N4O.Pt/c1-64(2,3)43-19-14-18-42(36-43)49-25-16-26-56-57-37-44(65(4,5)6)30-32-52(57)50-22-10-11-23-51(50)55-27-17-29-59-63(55)69(62(49)56)41-68(59)46-20-15-21-47(39-46)71-48-31-33-54-53-24-12-13-28-58(53)70(60(54)40-48)61-38-45(34-35-67-61)66(7,8)9;/h10-38,41H,1-9H3;/q-3;/i14D;. The summed E-state index contributed by atoms with van der Waals surface area (Å²) in [6, 6.07) is 66.3. The molecule has 0 amide bonds. The molecule has 0 unspecified atom stereocenters. The summed E-state index contributed by atoms with van der Waals surface area (Å²) < 4.78 is 20.5. The van der Waals surface area contributed by atoms with Gasteiger partial charge in [-0.25, -0.2) is 4.98 Å². The number of pyridine rings is 1. The summed E-state index contributed by atoms with van der Waals surface area (Å²) in [4.78, 5) is 7.13. The smallest absolute Gasteiger partial charge is 0.135 e. The van der Waals surface area contributed by atoms with Crippen molar-refractivity contribution in [2.75, 3.05) is 4.90 Å².